The zero-order valence-corrected chi connectivity index (χ0v) is 13.9. The number of nitrogens with one attached hydrogen (secondary N) is 2. The highest BCUT2D eigenvalue weighted by Gasteiger charge is 2.14. The average molecular weight is 342 g/mol. The number of hydrogen-bond acceptors (Lipinski definition) is 4. The van der Waals surface area contributed by atoms with Crippen molar-refractivity contribution in [2.45, 2.75) is 32.6 Å². The van der Waals surface area contributed by atoms with Gasteiger partial charge in [0, 0.05) is 13.0 Å². The number of unbranched alkanes of at least 4 members (excludes halogenated alkanes) is 2. The third kappa shape index (κ3) is 7.14. The van der Waals surface area contributed by atoms with Crippen LogP contribution < -0.4 is 10.0 Å². The van der Waals surface area contributed by atoms with Crippen LogP contribution in [-0.4, -0.2) is 37.7 Å². The number of sulfonamides is 1. The van der Waals surface area contributed by atoms with Crippen molar-refractivity contribution in [3.05, 3.63) is 29.8 Å². The van der Waals surface area contributed by atoms with Crippen LogP contribution >= 0.6 is 0 Å². The predicted molar refractivity (Wildman–Crippen MR) is 88.0 cm³/mol. The molecule has 0 aromatic heterocycles. The number of carboxylic acids is 1. The van der Waals surface area contributed by atoms with E-state index in [9.17, 15) is 18.0 Å². The molecule has 0 aliphatic rings. The number of carbonyl (C=O) groups excluding carboxylic acids is 1. The molecule has 7 nitrogen and oxygen atoms in total. The van der Waals surface area contributed by atoms with Crippen LogP contribution in [0.3, 0.4) is 0 Å². The van der Waals surface area contributed by atoms with Crippen LogP contribution in [0, 0.1) is 0 Å². The maximum absolute atomic E-state index is 12.1. The second-order valence-corrected chi connectivity index (χ2v) is 7.02. The first kappa shape index (κ1) is 19.0. The smallest absolute Gasteiger partial charge is 0.303 e. The summed E-state index contributed by atoms with van der Waals surface area (Å²) in [6.07, 6.45) is 2.06. The van der Waals surface area contributed by atoms with Crippen molar-refractivity contribution in [3.63, 3.8) is 0 Å². The Balaban J connectivity index is 2.55. The van der Waals surface area contributed by atoms with Gasteiger partial charge in [-0.25, -0.2) is 8.42 Å². The zero-order valence-electron chi connectivity index (χ0n) is 13.0. The van der Waals surface area contributed by atoms with E-state index >= 15 is 0 Å². The molecule has 1 aromatic rings. The first-order valence-corrected chi connectivity index (χ1v) is 9.10. The number of carbonyl (C=O) groups is 2. The van der Waals surface area contributed by atoms with Crippen LogP contribution in [0.1, 0.15) is 43.0 Å². The Morgan fingerprint density at radius 2 is 1.83 bits per heavy atom. The van der Waals surface area contributed by atoms with E-state index in [1.54, 1.807) is 18.2 Å². The molecule has 0 saturated carbocycles. The minimum atomic E-state index is -3.45. The molecule has 0 aliphatic heterocycles. The molecule has 1 aromatic carbocycles. The Morgan fingerprint density at radius 3 is 2.48 bits per heavy atom. The first-order chi connectivity index (χ1) is 10.9. The van der Waals surface area contributed by atoms with Gasteiger partial charge < -0.3 is 10.4 Å². The summed E-state index contributed by atoms with van der Waals surface area (Å²) in [6, 6.07) is 6.39. The van der Waals surface area contributed by atoms with E-state index in [4.69, 9.17) is 5.11 Å². The van der Waals surface area contributed by atoms with Crippen molar-refractivity contribution in [1.82, 2.24) is 5.32 Å². The average Bonchev–Trinajstić information content (AvgIpc) is 2.50. The van der Waals surface area contributed by atoms with Crippen LogP contribution in [0.4, 0.5) is 5.69 Å². The molecule has 128 valence electrons. The summed E-state index contributed by atoms with van der Waals surface area (Å²) >= 11 is 0. The lowest BCUT2D eigenvalue weighted by Gasteiger charge is -2.11. The first-order valence-electron chi connectivity index (χ1n) is 7.45. The minimum absolute atomic E-state index is 0.0769. The molecule has 0 radical (unpaired) electrons. The third-order valence-corrected chi connectivity index (χ3v) is 4.46. The van der Waals surface area contributed by atoms with Crippen LogP contribution in [0.5, 0.6) is 0 Å². The molecule has 1 rings (SSSR count). The number of carboxylic acid groups (broad SMARTS) is 1. The summed E-state index contributed by atoms with van der Waals surface area (Å²) in [4.78, 5) is 22.5. The van der Waals surface area contributed by atoms with Crippen molar-refractivity contribution >= 4 is 27.6 Å². The molecule has 0 unspecified atom stereocenters. The molecule has 1 amide bonds. The summed E-state index contributed by atoms with van der Waals surface area (Å²) in [6.45, 7) is 1.93. The van der Waals surface area contributed by atoms with Gasteiger partial charge >= 0.3 is 5.97 Å². The molecular weight excluding hydrogens is 320 g/mol. The van der Waals surface area contributed by atoms with E-state index < -0.39 is 16.0 Å². The lowest BCUT2D eigenvalue weighted by Crippen LogP contribution is -2.26. The highest BCUT2D eigenvalue weighted by Crippen LogP contribution is 2.16. The fourth-order valence-corrected chi connectivity index (χ4v) is 2.54. The summed E-state index contributed by atoms with van der Waals surface area (Å²) in [5.74, 6) is -1.27. The molecule has 0 atom stereocenters. The third-order valence-electron chi connectivity index (χ3n) is 3.17. The summed E-state index contributed by atoms with van der Waals surface area (Å²) in [5, 5.41) is 11.2. The molecule has 8 heteroatoms. The number of benzene rings is 1. The summed E-state index contributed by atoms with van der Waals surface area (Å²) in [5.41, 5.74) is 0.507. The molecule has 0 aliphatic carbocycles. The quantitative estimate of drug-likeness (QED) is 0.561. The lowest BCUT2D eigenvalue weighted by atomic mass is 10.1. The van der Waals surface area contributed by atoms with Crippen molar-refractivity contribution in [2.75, 3.05) is 17.0 Å². The van der Waals surface area contributed by atoms with Crippen molar-refractivity contribution in [1.29, 1.82) is 0 Å². The summed E-state index contributed by atoms with van der Waals surface area (Å²) in [7, 11) is -3.45. The maximum Gasteiger partial charge on any atom is 0.303 e. The fourth-order valence-electron chi connectivity index (χ4n) is 1.88. The fraction of sp³-hybridized carbons (Fsp3) is 0.467. The lowest BCUT2D eigenvalue weighted by molar-refractivity contribution is -0.137. The normalized spacial score (nSPS) is 11.0. The topological polar surface area (TPSA) is 113 Å². The van der Waals surface area contributed by atoms with Gasteiger partial charge in [0.1, 0.15) is 0 Å². The van der Waals surface area contributed by atoms with E-state index in [0.717, 1.165) is 0 Å². The monoisotopic (exact) mass is 342 g/mol. The molecule has 0 bridgehead atoms. The number of anilines is 1. The van der Waals surface area contributed by atoms with E-state index in [1.807, 2.05) is 0 Å². The van der Waals surface area contributed by atoms with Gasteiger partial charge in [-0.2, -0.15) is 0 Å². The standard InChI is InChI=1S/C15H22N2O5S/c1-2-23(21,22)17-13-9-6-5-8-12(13)15(20)16-11-7-3-4-10-14(18)19/h5-6,8-9,17H,2-4,7,10-11H2,1H3,(H,16,20)(H,18,19). The van der Waals surface area contributed by atoms with Crippen molar-refractivity contribution in [3.8, 4) is 0 Å². The number of aliphatic carboxylic acids is 1. The number of rotatable bonds is 10. The molecule has 0 spiro atoms. The Labute approximate surface area is 136 Å². The van der Waals surface area contributed by atoms with E-state index in [0.29, 0.717) is 25.8 Å². The zero-order chi connectivity index (χ0) is 17.3. The van der Waals surface area contributed by atoms with Gasteiger partial charge in [0.25, 0.3) is 5.91 Å². The molecular formula is C15H22N2O5S. The van der Waals surface area contributed by atoms with Gasteiger partial charge in [-0.3, -0.25) is 14.3 Å². The largest absolute Gasteiger partial charge is 0.481 e. The summed E-state index contributed by atoms with van der Waals surface area (Å²) < 4.78 is 25.7. The highest BCUT2D eigenvalue weighted by molar-refractivity contribution is 7.92. The molecule has 0 heterocycles. The minimum Gasteiger partial charge on any atom is -0.481 e. The molecule has 23 heavy (non-hydrogen) atoms. The second-order valence-electron chi connectivity index (χ2n) is 5.01. The highest BCUT2D eigenvalue weighted by atomic mass is 32.2. The van der Waals surface area contributed by atoms with Crippen LogP contribution in [-0.2, 0) is 14.8 Å². The van der Waals surface area contributed by atoms with Crippen molar-refractivity contribution < 1.29 is 23.1 Å². The number of amides is 1. The van der Waals surface area contributed by atoms with Gasteiger partial charge in [0.05, 0.1) is 17.0 Å². The van der Waals surface area contributed by atoms with Gasteiger partial charge in [-0.05, 0) is 31.9 Å². The van der Waals surface area contributed by atoms with Gasteiger partial charge in [-0.15, -0.1) is 0 Å². The van der Waals surface area contributed by atoms with E-state index in [-0.39, 0.29) is 29.3 Å². The SMILES string of the molecule is CCS(=O)(=O)Nc1ccccc1C(=O)NCCCCCC(=O)O. The van der Waals surface area contributed by atoms with Crippen LogP contribution in [0.2, 0.25) is 0 Å². The Bertz CT molecular complexity index is 643. The molecule has 0 saturated heterocycles. The van der Waals surface area contributed by atoms with Gasteiger partial charge in [0.15, 0.2) is 0 Å². The van der Waals surface area contributed by atoms with E-state index in [2.05, 4.69) is 10.0 Å². The Morgan fingerprint density at radius 1 is 1.13 bits per heavy atom. The Kier molecular flexibility index (Phi) is 7.53. The second kappa shape index (κ2) is 9.14. The van der Waals surface area contributed by atoms with Crippen LogP contribution in [0.25, 0.3) is 0 Å². The van der Waals surface area contributed by atoms with E-state index in [1.165, 1.54) is 13.0 Å². The predicted octanol–water partition coefficient (Wildman–Crippen LogP) is 1.82. The Hall–Kier alpha value is -2.09. The van der Waals surface area contributed by atoms with Crippen LogP contribution in [0.15, 0.2) is 24.3 Å². The van der Waals surface area contributed by atoms with Crippen molar-refractivity contribution in [2.24, 2.45) is 0 Å². The van der Waals surface area contributed by atoms with Gasteiger partial charge in [0.2, 0.25) is 10.0 Å². The maximum atomic E-state index is 12.1. The molecule has 3 N–H and O–H groups in total. The van der Waals surface area contributed by atoms with Gasteiger partial charge in [-0.1, -0.05) is 18.6 Å². The molecule has 0 fully saturated rings. The number of para-hydroxylation sites is 1. The number of hydrogen-bond donors (Lipinski definition) is 3.